The second-order valence-electron chi connectivity index (χ2n) is 6.63. The largest absolute Gasteiger partial charge is 0.463 e. The molecule has 0 fully saturated rings. The quantitative estimate of drug-likeness (QED) is 0.220. The van der Waals surface area contributed by atoms with Crippen LogP contribution in [0.1, 0.15) is 39.4 Å². The Balaban J connectivity index is 2.37. The first-order valence-corrected chi connectivity index (χ1v) is 8.83. The summed E-state index contributed by atoms with van der Waals surface area (Å²) in [6, 6.07) is 11.6. The van der Waals surface area contributed by atoms with E-state index in [4.69, 9.17) is 4.74 Å². The highest BCUT2D eigenvalue weighted by Gasteiger charge is 2.29. The molecule has 0 aromatic heterocycles. The van der Waals surface area contributed by atoms with E-state index < -0.39 is 41.5 Å². The van der Waals surface area contributed by atoms with Gasteiger partial charge in [-0.2, -0.15) is 0 Å². The third-order valence-corrected chi connectivity index (χ3v) is 4.31. The number of ketones is 1. The van der Waals surface area contributed by atoms with E-state index in [0.717, 1.165) is 18.2 Å². The average molecular weight is 399 g/mol. The lowest BCUT2D eigenvalue weighted by Gasteiger charge is -2.17. The molecule has 0 spiro atoms. The highest BCUT2D eigenvalue weighted by atomic mass is 16.6. The van der Waals surface area contributed by atoms with Crippen LogP contribution in [0.3, 0.4) is 0 Å². The summed E-state index contributed by atoms with van der Waals surface area (Å²) < 4.78 is 9.86. The van der Waals surface area contributed by atoms with Crippen molar-refractivity contribution in [2.45, 2.75) is 26.2 Å². The summed E-state index contributed by atoms with van der Waals surface area (Å²) in [4.78, 5) is 46.5. The van der Waals surface area contributed by atoms with Crippen LogP contribution >= 0.6 is 0 Å². The molecule has 0 radical (unpaired) electrons. The molecule has 152 valence electrons. The number of nitrogens with zero attached hydrogens (tertiary/aromatic N) is 1. The molecule has 29 heavy (non-hydrogen) atoms. The number of nitro groups is 1. The second kappa shape index (κ2) is 9.59. The molecule has 8 heteroatoms. The summed E-state index contributed by atoms with van der Waals surface area (Å²) in [7, 11) is 1.06. The minimum atomic E-state index is -1.08. The number of rotatable bonds is 8. The number of hydrogen-bond donors (Lipinski definition) is 0. The predicted octanol–water partition coefficient (Wildman–Crippen LogP) is 3.02. The van der Waals surface area contributed by atoms with Gasteiger partial charge in [0.25, 0.3) is 0 Å². The molecule has 0 amide bonds. The van der Waals surface area contributed by atoms with Gasteiger partial charge in [-0.3, -0.25) is 14.9 Å². The zero-order valence-electron chi connectivity index (χ0n) is 16.3. The van der Waals surface area contributed by atoms with Gasteiger partial charge in [0.15, 0.2) is 0 Å². The monoisotopic (exact) mass is 399 g/mol. The van der Waals surface area contributed by atoms with E-state index >= 15 is 0 Å². The van der Waals surface area contributed by atoms with E-state index in [0.29, 0.717) is 11.1 Å². The predicted molar refractivity (Wildman–Crippen MR) is 104 cm³/mol. The third-order valence-electron chi connectivity index (χ3n) is 4.31. The maximum atomic E-state index is 12.5. The average Bonchev–Trinajstić information content (AvgIpc) is 2.68. The molecule has 8 nitrogen and oxygen atoms in total. The summed E-state index contributed by atoms with van der Waals surface area (Å²) in [6.45, 7) is 3.04. The SMILES string of the molecule is COC(=O)C(=O)C[C@H](C[N+](=O)[O-])c1cc(C)ccc1OC(=O)c1ccc(C)cc1. The van der Waals surface area contributed by atoms with Gasteiger partial charge in [0.05, 0.1) is 18.6 Å². The zero-order chi connectivity index (χ0) is 21.6. The molecule has 0 bridgehead atoms. The van der Waals surface area contributed by atoms with Crippen LogP contribution in [0.2, 0.25) is 0 Å². The Hall–Kier alpha value is -3.55. The van der Waals surface area contributed by atoms with E-state index in [1.54, 1.807) is 43.3 Å². The number of benzene rings is 2. The first-order chi connectivity index (χ1) is 13.7. The van der Waals surface area contributed by atoms with Gasteiger partial charge in [-0.15, -0.1) is 0 Å². The van der Waals surface area contributed by atoms with Crippen molar-refractivity contribution >= 4 is 17.7 Å². The lowest BCUT2D eigenvalue weighted by atomic mass is 9.91. The summed E-state index contributed by atoms with van der Waals surface area (Å²) in [6.07, 6.45) is -0.438. The standard InChI is InChI=1S/C21H21NO7/c1-13-4-7-15(8-5-13)20(24)29-19-9-6-14(2)10-17(19)16(12-22(26)27)11-18(23)21(25)28-3/h4-10,16H,11-12H2,1-3H3/t16-/m1/s1. The van der Waals surface area contributed by atoms with Crippen molar-refractivity contribution in [1.29, 1.82) is 0 Å². The van der Waals surface area contributed by atoms with Gasteiger partial charge in [0.1, 0.15) is 5.75 Å². The van der Waals surface area contributed by atoms with Gasteiger partial charge in [0.2, 0.25) is 12.3 Å². The Labute approximate surface area is 167 Å². The first-order valence-electron chi connectivity index (χ1n) is 8.83. The number of esters is 2. The highest BCUT2D eigenvalue weighted by Crippen LogP contribution is 2.31. The summed E-state index contributed by atoms with van der Waals surface area (Å²) in [5.41, 5.74) is 2.36. The van der Waals surface area contributed by atoms with Crippen molar-refractivity contribution in [2.24, 2.45) is 0 Å². The van der Waals surface area contributed by atoms with Crippen molar-refractivity contribution < 1.29 is 28.8 Å². The minimum Gasteiger partial charge on any atom is -0.463 e. The van der Waals surface area contributed by atoms with Crippen molar-refractivity contribution in [2.75, 3.05) is 13.7 Å². The maximum Gasteiger partial charge on any atom is 0.374 e. The molecule has 2 rings (SSSR count). The van der Waals surface area contributed by atoms with Gasteiger partial charge in [0, 0.05) is 16.9 Å². The first kappa shape index (κ1) is 21.7. The topological polar surface area (TPSA) is 113 Å². The maximum absolute atomic E-state index is 12.5. The van der Waals surface area contributed by atoms with E-state index in [2.05, 4.69) is 4.74 Å². The summed E-state index contributed by atoms with van der Waals surface area (Å²) in [5.74, 6) is -3.46. The fourth-order valence-corrected chi connectivity index (χ4v) is 2.80. The number of carbonyl (C=O) groups is 3. The van der Waals surface area contributed by atoms with Crippen LogP contribution in [0.25, 0.3) is 0 Å². The van der Waals surface area contributed by atoms with Crippen LogP contribution in [-0.2, 0) is 14.3 Å². The van der Waals surface area contributed by atoms with Crippen molar-refractivity contribution in [3.8, 4) is 5.75 Å². The van der Waals surface area contributed by atoms with Crippen LogP contribution in [0.4, 0.5) is 0 Å². The number of aryl methyl sites for hydroxylation is 2. The molecule has 0 heterocycles. The second-order valence-corrected chi connectivity index (χ2v) is 6.63. The fourth-order valence-electron chi connectivity index (χ4n) is 2.80. The number of carbonyl (C=O) groups excluding carboxylic acids is 3. The third kappa shape index (κ3) is 5.97. The fraction of sp³-hybridized carbons (Fsp3) is 0.286. The lowest BCUT2D eigenvalue weighted by molar-refractivity contribution is -0.483. The Morgan fingerprint density at radius 2 is 1.66 bits per heavy atom. The molecule has 0 aliphatic rings. The molecule has 0 saturated heterocycles. The van der Waals surface area contributed by atoms with E-state index in [1.165, 1.54) is 6.07 Å². The molecular formula is C21H21NO7. The van der Waals surface area contributed by atoms with Gasteiger partial charge >= 0.3 is 11.9 Å². The number of Topliss-reactive ketones (excluding diaryl/α,β-unsaturated/α-hetero) is 1. The van der Waals surface area contributed by atoms with Crippen LogP contribution in [-0.4, -0.2) is 36.3 Å². The highest BCUT2D eigenvalue weighted by molar-refractivity contribution is 6.33. The van der Waals surface area contributed by atoms with Crippen LogP contribution in [0.5, 0.6) is 5.75 Å². The van der Waals surface area contributed by atoms with E-state index in [-0.39, 0.29) is 5.75 Å². The van der Waals surface area contributed by atoms with E-state index in [9.17, 15) is 24.5 Å². The van der Waals surface area contributed by atoms with Gasteiger partial charge in [-0.25, -0.2) is 9.59 Å². The molecule has 0 N–H and O–H groups in total. The molecule has 0 unspecified atom stereocenters. The Bertz CT molecular complexity index is 935. The molecule has 0 aliphatic carbocycles. The molecule has 2 aromatic rings. The number of ether oxygens (including phenoxy) is 2. The molecular weight excluding hydrogens is 378 g/mol. The number of hydrogen-bond acceptors (Lipinski definition) is 7. The van der Waals surface area contributed by atoms with Crippen molar-refractivity contribution in [3.63, 3.8) is 0 Å². The zero-order valence-corrected chi connectivity index (χ0v) is 16.3. The minimum absolute atomic E-state index is 0.102. The molecule has 2 aromatic carbocycles. The Morgan fingerprint density at radius 3 is 2.24 bits per heavy atom. The van der Waals surface area contributed by atoms with Gasteiger partial charge in [-0.05, 0) is 32.0 Å². The summed E-state index contributed by atoms with van der Waals surface area (Å²) >= 11 is 0. The van der Waals surface area contributed by atoms with Crippen molar-refractivity contribution in [1.82, 2.24) is 0 Å². The van der Waals surface area contributed by atoms with Crippen LogP contribution in [0.15, 0.2) is 42.5 Å². The molecule has 0 saturated carbocycles. The van der Waals surface area contributed by atoms with Gasteiger partial charge < -0.3 is 9.47 Å². The Kier molecular flexibility index (Phi) is 7.19. The molecule has 0 aliphatic heterocycles. The van der Waals surface area contributed by atoms with E-state index in [1.807, 2.05) is 6.92 Å². The Morgan fingerprint density at radius 1 is 1.03 bits per heavy atom. The normalized spacial score (nSPS) is 11.4. The summed E-state index contributed by atoms with van der Waals surface area (Å²) in [5, 5.41) is 11.1. The van der Waals surface area contributed by atoms with Gasteiger partial charge in [-0.1, -0.05) is 35.4 Å². The number of methoxy groups -OCH3 is 1. The van der Waals surface area contributed by atoms with Crippen molar-refractivity contribution in [3.05, 3.63) is 74.8 Å². The van der Waals surface area contributed by atoms with Crippen LogP contribution in [0, 0.1) is 24.0 Å². The smallest absolute Gasteiger partial charge is 0.374 e. The lowest BCUT2D eigenvalue weighted by Crippen LogP contribution is -2.23. The van der Waals surface area contributed by atoms with Crippen LogP contribution < -0.4 is 4.74 Å². The molecule has 1 atom stereocenters.